The standard InChI is InChI=1S/C10H23NO2S3/c1-3-5-7-14-10(9-16(11,12)13)15-8-6-4-2/h10H,3-9H2,1-2H3,(H2,11,12,13). The zero-order chi connectivity index (χ0) is 12.4. The van der Waals surface area contributed by atoms with E-state index < -0.39 is 10.0 Å². The fraction of sp³-hybridized carbons (Fsp3) is 1.00. The van der Waals surface area contributed by atoms with Crippen molar-refractivity contribution in [3.8, 4) is 0 Å². The minimum Gasteiger partial charge on any atom is -0.229 e. The normalized spacial score (nSPS) is 12.2. The number of hydrogen-bond donors (Lipinski definition) is 1. The molecule has 0 amide bonds. The number of rotatable bonds is 10. The average molecular weight is 286 g/mol. The van der Waals surface area contributed by atoms with E-state index in [4.69, 9.17) is 5.14 Å². The van der Waals surface area contributed by atoms with E-state index in [2.05, 4.69) is 13.8 Å². The van der Waals surface area contributed by atoms with Crippen molar-refractivity contribution in [3.05, 3.63) is 0 Å². The Morgan fingerprint density at radius 3 is 1.81 bits per heavy atom. The van der Waals surface area contributed by atoms with Crippen LogP contribution in [0.2, 0.25) is 0 Å². The fourth-order valence-electron chi connectivity index (χ4n) is 1.05. The van der Waals surface area contributed by atoms with E-state index in [0.717, 1.165) is 37.2 Å². The molecule has 0 aliphatic carbocycles. The summed E-state index contributed by atoms with van der Waals surface area (Å²) < 4.78 is 22.2. The lowest BCUT2D eigenvalue weighted by atomic mass is 10.4. The highest BCUT2D eigenvalue weighted by molar-refractivity contribution is 8.17. The molecule has 0 atom stereocenters. The van der Waals surface area contributed by atoms with Crippen molar-refractivity contribution < 1.29 is 8.42 Å². The highest BCUT2D eigenvalue weighted by Gasteiger charge is 2.16. The van der Waals surface area contributed by atoms with Gasteiger partial charge in [-0.15, -0.1) is 23.5 Å². The summed E-state index contributed by atoms with van der Waals surface area (Å²) in [6.45, 7) is 4.28. The molecule has 0 radical (unpaired) electrons. The van der Waals surface area contributed by atoms with Crippen LogP contribution in [0.4, 0.5) is 0 Å². The molecule has 16 heavy (non-hydrogen) atoms. The smallest absolute Gasteiger partial charge is 0.211 e. The maximum absolute atomic E-state index is 11.1. The molecule has 0 heterocycles. The lowest BCUT2D eigenvalue weighted by Crippen LogP contribution is -2.23. The zero-order valence-corrected chi connectivity index (χ0v) is 12.6. The molecule has 0 spiro atoms. The van der Waals surface area contributed by atoms with Gasteiger partial charge in [0.1, 0.15) is 0 Å². The average Bonchev–Trinajstić information content (AvgIpc) is 2.16. The molecule has 0 rings (SSSR count). The second-order valence-corrected chi connectivity index (χ2v) is 8.29. The maximum atomic E-state index is 11.1. The zero-order valence-electron chi connectivity index (χ0n) is 10.1. The molecule has 0 saturated heterocycles. The van der Waals surface area contributed by atoms with E-state index in [1.807, 2.05) is 0 Å². The molecule has 0 bridgehead atoms. The molecule has 98 valence electrons. The lowest BCUT2D eigenvalue weighted by Gasteiger charge is -2.14. The second kappa shape index (κ2) is 9.62. The van der Waals surface area contributed by atoms with Crippen LogP contribution in [-0.4, -0.2) is 30.3 Å². The third-order valence-electron chi connectivity index (χ3n) is 1.97. The van der Waals surface area contributed by atoms with Crippen molar-refractivity contribution in [1.29, 1.82) is 0 Å². The Balaban J connectivity index is 3.95. The molecule has 0 saturated carbocycles. The van der Waals surface area contributed by atoms with E-state index in [9.17, 15) is 8.42 Å². The van der Waals surface area contributed by atoms with Gasteiger partial charge in [0.05, 0.1) is 10.3 Å². The summed E-state index contributed by atoms with van der Waals surface area (Å²) in [5.74, 6) is 2.14. The third kappa shape index (κ3) is 11.1. The van der Waals surface area contributed by atoms with Crippen LogP contribution >= 0.6 is 23.5 Å². The van der Waals surface area contributed by atoms with Crippen molar-refractivity contribution in [2.45, 2.75) is 44.1 Å². The van der Waals surface area contributed by atoms with Crippen LogP contribution in [0.1, 0.15) is 39.5 Å². The number of sulfonamides is 1. The number of unbranched alkanes of at least 4 members (excludes halogenated alkanes) is 2. The summed E-state index contributed by atoms with van der Waals surface area (Å²) in [5.41, 5.74) is 0. The largest absolute Gasteiger partial charge is 0.229 e. The summed E-state index contributed by atoms with van der Waals surface area (Å²) in [4.78, 5) is 0. The van der Waals surface area contributed by atoms with Gasteiger partial charge in [-0.2, -0.15) is 0 Å². The van der Waals surface area contributed by atoms with Gasteiger partial charge in [-0.1, -0.05) is 26.7 Å². The Morgan fingerprint density at radius 2 is 1.50 bits per heavy atom. The van der Waals surface area contributed by atoms with Crippen LogP contribution in [0.15, 0.2) is 0 Å². The predicted octanol–water partition coefficient (Wildman–Crippen LogP) is 2.67. The van der Waals surface area contributed by atoms with E-state index in [-0.39, 0.29) is 10.3 Å². The Kier molecular flexibility index (Phi) is 9.99. The van der Waals surface area contributed by atoms with E-state index in [1.165, 1.54) is 0 Å². The Morgan fingerprint density at radius 1 is 1.06 bits per heavy atom. The van der Waals surface area contributed by atoms with Crippen molar-refractivity contribution in [3.63, 3.8) is 0 Å². The molecule has 0 aliphatic rings. The number of primary sulfonamides is 1. The summed E-state index contributed by atoms with van der Waals surface area (Å²) in [7, 11) is -3.34. The molecule has 0 aromatic rings. The van der Waals surface area contributed by atoms with Crippen molar-refractivity contribution in [1.82, 2.24) is 0 Å². The first kappa shape index (κ1) is 16.6. The molecule has 0 aliphatic heterocycles. The number of nitrogens with two attached hydrogens (primary N) is 1. The SMILES string of the molecule is CCCCSC(CS(N)(=O)=O)SCCCC. The van der Waals surface area contributed by atoms with Gasteiger partial charge in [0.15, 0.2) is 0 Å². The lowest BCUT2D eigenvalue weighted by molar-refractivity contribution is 0.598. The van der Waals surface area contributed by atoms with E-state index in [0.29, 0.717) is 0 Å². The molecule has 2 N–H and O–H groups in total. The summed E-state index contributed by atoms with van der Waals surface area (Å²) in [6.07, 6.45) is 4.57. The topological polar surface area (TPSA) is 60.2 Å². The molecule has 6 heteroatoms. The molecule has 0 aromatic heterocycles. The quantitative estimate of drug-likeness (QED) is 0.495. The Labute approximate surface area is 108 Å². The third-order valence-corrected chi connectivity index (χ3v) is 6.13. The highest BCUT2D eigenvalue weighted by atomic mass is 32.2. The van der Waals surface area contributed by atoms with Crippen LogP contribution < -0.4 is 5.14 Å². The number of thioether (sulfide) groups is 2. The van der Waals surface area contributed by atoms with Crippen molar-refractivity contribution in [2.24, 2.45) is 5.14 Å². The van der Waals surface area contributed by atoms with Crippen molar-refractivity contribution >= 4 is 33.5 Å². The molecule has 3 nitrogen and oxygen atoms in total. The predicted molar refractivity (Wildman–Crippen MR) is 76.5 cm³/mol. The summed E-state index contributed by atoms with van der Waals surface area (Å²) in [6, 6.07) is 0. The molecule has 0 fully saturated rings. The second-order valence-electron chi connectivity index (χ2n) is 3.71. The van der Waals surface area contributed by atoms with Crippen LogP contribution in [0.3, 0.4) is 0 Å². The van der Waals surface area contributed by atoms with Gasteiger partial charge in [0, 0.05) is 0 Å². The minimum atomic E-state index is -3.34. The van der Waals surface area contributed by atoms with Gasteiger partial charge in [-0.25, -0.2) is 13.6 Å². The summed E-state index contributed by atoms with van der Waals surface area (Å²) >= 11 is 3.45. The molecule has 0 aromatic carbocycles. The van der Waals surface area contributed by atoms with Gasteiger partial charge in [0.25, 0.3) is 0 Å². The van der Waals surface area contributed by atoms with Gasteiger partial charge in [-0.3, -0.25) is 0 Å². The first-order valence-corrected chi connectivity index (χ1v) is 9.54. The molecule has 0 unspecified atom stereocenters. The van der Waals surface area contributed by atoms with Crippen LogP contribution in [0.5, 0.6) is 0 Å². The summed E-state index contributed by atoms with van der Waals surface area (Å²) in [5, 5.41) is 5.09. The van der Waals surface area contributed by atoms with Crippen LogP contribution in [0.25, 0.3) is 0 Å². The van der Waals surface area contributed by atoms with Gasteiger partial charge >= 0.3 is 0 Å². The van der Waals surface area contributed by atoms with Gasteiger partial charge < -0.3 is 0 Å². The van der Waals surface area contributed by atoms with E-state index >= 15 is 0 Å². The Bertz CT molecular complexity index is 245. The highest BCUT2D eigenvalue weighted by Crippen LogP contribution is 2.26. The monoisotopic (exact) mass is 285 g/mol. The van der Waals surface area contributed by atoms with Gasteiger partial charge in [-0.05, 0) is 24.3 Å². The molecular weight excluding hydrogens is 262 g/mol. The van der Waals surface area contributed by atoms with E-state index in [1.54, 1.807) is 23.5 Å². The van der Waals surface area contributed by atoms with Crippen LogP contribution in [0, 0.1) is 0 Å². The molecular formula is C10H23NO2S3. The first-order chi connectivity index (χ1) is 7.49. The van der Waals surface area contributed by atoms with Crippen LogP contribution in [-0.2, 0) is 10.0 Å². The fourth-order valence-corrected chi connectivity index (χ4v) is 5.74. The minimum absolute atomic E-state index is 0.0930. The maximum Gasteiger partial charge on any atom is 0.211 e. The van der Waals surface area contributed by atoms with Gasteiger partial charge in [0.2, 0.25) is 10.0 Å². The Hall–Kier alpha value is 0.610. The van der Waals surface area contributed by atoms with Crippen molar-refractivity contribution in [2.75, 3.05) is 17.3 Å². The first-order valence-electron chi connectivity index (χ1n) is 5.73. The number of hydrogen-bond acceptors (Lipinski definition) is 4.